The summed E-state index contributed by atoms with van der Waals surface area (Å²) in [5.74, 6) is 0.559. The minimum atomic E-state index is -0.374. The average Bonchev–Trinajstić information content (AvgIpc) is 2.83. The van der Waals surface area contributed by atoms with E-state index in [0.29, 0.717) is 23.2 Å². The van der Waals surface area contributed by atoms with E-state index in [9.17, 15) is 10.1 Å². The molecule has 0 amide bonds. The van der Waals surface area contributed by atoms with E-state index in [1.54, 1.807) is 12.3 Å². The third kappa shape index (κ3) is 3.30. The molecule has 7 heteroatoms. The van der Waals surface area contributed by atoms with Crippen molar-refractivity contribution in [3.8, 4) is 0 Å². The van der Waals surface area contributed by atoms with E-state index < -0.39 is 0 Å². The van der Waals surface area contributed by atoms with Crippen LogP contribution in [0.15, 0.2) is 34.1 Å². The van der Waals surface area contributed by atoms with Gasteiger partial charge in [-0.2, -0.15) is 0 Å². The van der Waals surface area contributed by atoms with Crippen molar-refractivity contribution in [3.05, 3.63) is 45.8 Å². The van der Waals surface area contributed by atoms with Gasteiger partial charge in [0.2, 0.25) is 0 Å². The number of benzene rings is 1. The summed E-state index contributed by atoms with van der Waals surface area (Å²) in [6, 6.07) is 5.06. The number of thioether (sulfide) groups is 1. The van der Waals surface area contributed by atoms with Gasteiger partial charge in [0, 0.05) is 18.4 Å². The van der Waals surface area contributed by atoms with Gasteiger partial charge in [-0.05, 0) is 19.4 Å². The van der Waals surface area contributed by atoms with Gasteiger partial charge in [0.25, 0.3) is 10.9 Å². The second-order valence-electron chi connectivity index (χ2n) is 4.14. The molecule has 6 nitrogen and oxygen atoms in total. The van der Waals surface area contributed by atoms with Crippen molar-refractivity contribution in [2.24, 2.45) is 0 Å². The molecule has 0 bridgehead atoms. The molecule has 0 aliphatic heterocycles. The quantitative estimate of drug-likeness (QED) is 0.497. The SMILES string of the molecule is CCNc1c(CSc2nc(C)co2)cccc1[N+](=O)[O-]. The summed E-state index contributed by atoms with van der Waals surface area (Å²) in [6.45, 7) is 4.39. The van der Waals surface area contributed by atoms with Crippen LogP contribution in [0.5, 0.6) is 0 Å². The molecule has 106 valence electrons. The van der Waals surface area contributed by atoms with Crippen LogP contribution in [0.25, 0.3) is 0 Å². The number of rotatable bonds is 6. The summed E-state index contributed by atoms with van der Waals surface area (Å²) in [6.07, 6.45) is 1.58. The lowest BCUT2D eigenvalue weighted by atomic mass is 10.1. The van der Waals surface area contributed by atoms with Crippen LogP contribution >= 0.6 is 11.8 Å². The first-order chi connectivity index (χ1) is 9.61. The number of nitro benzene ring substituents is 1. The molecule has 0 aliphatic rings. The van der Waals surface area contributed by atoms with Crippen molar-refractivity contribution in [3.63, 3.8) is 0 Å². The van der Waals surface area contributed by atoms with Gasteiger partial charge in [0.1, 0.15) is 12.0 Å². The fourth-order valence-electron chi connectivity index (χ4n) is 1.78. The standard InChI is InChI=1S/C13H15N3O3S/c1-3-14-12-10(5-4-6-11(12)16(17)18)8-20-13-15-9(2)7-19-13/h4-7,14H,3,8H2,1-2H3. The Morgan fingerprint density at radius 3 is 2.90 bits per heavy atom. The molecule has 0 spiro atoms. The number of nitrogens with one attached hydrogen (secondary N) is 1. The number of aryl methyl sites for hydroxylation is 1. The zero-order valence-electron chi connectivity index (χ0n) is 11.3. The van der Waals surface area contributed by atoms with Crippen molar-refractivity contribution in [2.45, 2.75) is 24.8 Å². The Bertz CT molecular complexity index is 613. The van der Waals surface area contributed by atoms with Crippen LogP contribution in [0.2, 0.25) is 0 Å². The highest BCUT2D eigenvalue weighted by Gasteiger charge is 2.17. The Balaban J connectivity index is 2.21. The lowest BCUT2D eigenvalue weighted by Gasteiger charge is -2.10. The molecule has 1 heterocycles. The number of aromatic nitrogens is 1. The Morgan fingerprint density at radius 2 is 2.30 bits per heavy atom. The molecule has 1 N–H and O–H groups in total. The molecule has 0 radical (unpaired) electrons. The first-order valence-electron chi connectivity index (χ1n) is 6.17. The highest BCUT2D eigenvalue weighted by Crippen LogP contribution is 2.32. The Morgan fingerprint density at radius 1 is 1.50 bits per heavy atom. The second-order valence-corrected chi connectivity index (χ2v) is 5.07. The smallest absolute Gasteiger partial charge is 0.292 e. The molecule has 0 atom stereocenters. The Labute approximate surface area is 120 Å². The van der Waals surface area contributed by atoms with Crippen LogP contribution in [0.1, 0.15) is 18.2 Å². The van der Waals surface area contributed by atoms with Gasteiger partial charge in [-0.1, -0.05) is 23.9 Å². The third-order valence-corrected chi connectivity index (χ3v) is 3.52. The molecule has 2 rings (SSSR count). The predicted octanol–water partition coefficient (Wildman–Crippen LogP) is 3.62. The van der Waals surface area contributed by atoms with Gasteiger partial charge in [-0.3, -0.25) is 10.1 Å². The maximum atomic E-state index is 11.1. The fraction of sp³-hybridized carbons (Fsp3) is 0.308. The highest BCUT2D eigenvalue weighted by molar-refractivity contribution is 7.98. The van der Waals surface area contributed by atoms with Gasteiger partial charge < -0.3 is 9.73 Å². The zero-order valence-corrected chi connectivity index (χ0v) is 12.1. The van der Waals surface area contributed by atoms with Crippen LogP contribution < -0.4 is 5.32 Å². The number of hydrogen-bond acceptors (Lipinski definition) is 6. The topological polar surface area (TPSA) is 81.2 Å². The summed E-state index contributed by atoms with van der Waals surface area (Å²) >= 11 is 1.41. The molecule has 0 saturated carbocycles. The molecule has 2 aromatic rings. The molecule has 0 saturated heterocycles. The Kier molecular flexibility index (Phi) is 4.62. The van der Waals surface area contributed by atoms with Crippen LogP contribution in [0.4, 0.5) is 11.4 Å². The number of oxazole rings is 1. The van der Waals surface area contributed by atoms with Crippen molar-refractivity contribution in [2.75, 3.05) is 11.9 Å². The molecule has 0 fully saturated rings. The minimum Gasteiger partial charge on any atom is -0.440 e. The first kappa shape index (κ1) is 14.4. The monoisotopic (exact) mass is 293 g/mol. The molecule has 20 heavy (non-hydrogen) atoms. The number of nitro groups is 1. The van der Waals surface area contributed by atoms with Gasteiger partial charge in [0.05, 0.1) is 10.6 Å². The van der Waals surface area contributed by atoms with E-state index in [-0.39, 0.29) is 10.6 Å². The molecule has 1 aromatic carbocycles. The second kappa shape index (κ2) is 6.42. The summed E-state index contributed by atoms with van der Waals surface area (Å²) in [4.78, 5) is 14.9. The number of para-hydroxylation sites is 1. The lowest BCUT2D eigenvalue weighted by Crippen LogP contribution is -2.04. The summed E-state index contributed by atoms with van der Waals surface area (Å²) in [5.41, 5.74) is 2.34. The number of nitrogens with zero attached hydrogens (tertiary/aromatic N) is 2. The minimum absolute atomic E-state index is 0.0912. The maximum absolute atomic E-state index is 11.1. The van der Waals surface area contributed by atoms with Crippen molar-refractivity contribution >= 4 is 23.1 Å². The normalized spacial score (nSPS) is 10.5. The van der Waals surface area contributed by atoms with E-state index in [0.717, 1.165) is 11.3 Å². The molecule has 0 aliphatic carbocycles. The van der Waals surface area contributed by atoms with Crippen molar-refractivity contribution < 1.29 is 9.34 Å². The Hall–Kier alpha value is -2.02. The molecular formula is C13H15N3O3S. The maximum Gasteiger partial charge on any atom is 0.292 e. The summed E-state index contributed by atoms with van der Waals surface area (Å²) in [5, 5.41) is 14.7. The zero-order chi connectivity index (χ0) is 14.5. The van der Waals surface area contributed by atoms with Crippen LogP contribution in [0, 0.1) is 17.0 Å². The van der Waals surface area contributed by atoms with Crippen molar-refractivity contribution in [1.82, 2.24) is 4.98 Å². The van der Waals surface area contributed by atoms with Crippen LogP contribution in [-0.2, 0) is 5.75 Å². The largest absolute Gasteiger partial charge is 0.440 e. The molecule has 0 unspecified atom stereocenters. The van der Waals surface area contributed by atoms with Crippen molar-refractivity contribution in [1.29, 1.82) is 0 Å². The van der Waals surface area contributed by atoms with Gasteiger partial charge >= 0.3 is 0 Å². The van der Waals surface area contributed by atoms with E-state index in [1.807, 2.05) is 19.9 Å². The van der Waals surface area contributed by atoms with Gasteiger partial charge in [-0.15, -0.1) is 0 Å². The van der Waals surface area contributed by atoms with E-state index >= 15 is 0 Å². The van der Waals surface area contributed by atoms with Gasteiger partial charge in [0.15, 0.2) is 0 Å². The summed E-state index contributed by atoms with van der Waals surface area (Å²) < 4.78 is 5.26. The van der Waals surface area contributed by atoms with Crippen LogP contribution in [0.3, 0.4) is 0 Å². The predicted molar refractivity (Wildman–Crippen MR) is 78.1 cm³/mol. The third-order valence-electron chi connectivity index (χ3n) is 2.63. The fourth-order valence-corrected chi connectivity index (χ4v) is 2.62. The first-order valence-corrected chi connectivity index (χ1v) is 7.15. The van der Waals surface area contributed by atoms with E-state index in [4.69, 9.17) is 4.42 Å². The molecule has 1 aromatic heterocycles. The molecular weight excluding hydrogens is 278 g/mol. The average molecular weight is 293 g/mol. The summed E-state index contributed by atoms with van der Waals surface area (Å²) in [7, 11) is 0. The number of hydrogen-bond donors (Lipinski definition) is 1. The van der Waals surface area contributed by atoms with Gasteiger partial charge in [-0.25, -0.2) is 4.98 Å². The van der Waals surface area contributed by atoms with Crippen LogP contribution in [-0.4, -0.2) is 16.5 Å². The lowest BCUT2D eigenvalue weighted by molar-refractivity contribution is -0.384. The number of anilines is 1. The highest BCUT2D eigenvalue weighted by atomic mass is 32.2. The van der Waals surface area contributed by atoms with E-state index in [2.05, 4.69) is 10.3 Å². The van der Waals surface area contributed by atoms with E-state index in [1.165, 1.54) is 17.8 Å².